The molecule has 0 atom stereocenters. The first-order valence-corrected chi connectivity index (χ1v) is 13.0. The van der Waals surface area contributed by atoms with Gasteiger partial charge in [-0.15, -0.1) is 0 Å². The van der Waals surface area contributed by atoms with Crippen molar-refractivity contribution in [3.8, 4) is 5.75 Å². The predicted molar refractivity (Wildman–Crippen MR) is 122 cm³/mol. The van der Waals surface area contributed by atoms with E-state index in [1.807, 2.05) is 37.3 Å². The van der Waals surface area contributed by atoms with Crippen LogP contribution in [-0.2, 0) is 4.74 Å². The van der Waals surface area contributed by atoms with Gasteiger partial charge < -0.3 is 9.47 Å². The molecule has 1 fully saturated rings. The summed E-state index contributed by atoms with van der Waals surface area (Å²) >= 11 is 0. The molecule has 1 saturated carbocycles. The Labute approximate surface area is 181 Å². The van der Waals surface area contributed by atoms with E-state index in [1.54, 1.807) is 6.07 Å². The number of rotatable bonds is 9. The van der Waals surface area contributed by atoms with E-state index < -0.39 is 11.8 Å². The van der Waals surface area contributed by atoms with Gasteiger partial charge in [-0.3, -0.25) is 0 Å². The molecule has 162 valence electrons. The Hall–Kier alpha value is -1.98. The van der Waals surface area contributed by atoms with Crippen molar-refractivity contribution in [2.24, 2.45) is 5.92 Å². The van der Waals surface area contributed by atoms with Crippen molar-refractivity contribution >= 4 is 20.7 Å². The zero-order valence-electron chi connectivity index (χ0n) is 18.2. The zero-order chi connectivity index (χ0) is 21.3. The van der Waals surface area contributed by atoms with Gasteiger partial charge in [0.05, 0.1) is 15.1 Å². The van der Waals surface area contributed by atoms with Crippen LogP contribution in [0.2, 0.25) is 6.04 Å². The lowest BCUT2D eigenvalue weighted by Gasteiger charge is -2.28. The summed E-state index contributed by atoms with van der Waals surface area (Å²) in [5.74, 6) is 0.280. The van der Waals surface area contributed by atoms with Crippen LogP contribution < -0.4 is 9.92 Å². The molecule has 3 nitrogen and oxygen atoms in total. The first-order valence-electron chi connectivity index (χ1n) is 11.3. The van der Waals surface area contributed by atoms with Crippen molar-refractivity contribution in [1.82, 2.24) is 0 Å². The Morgan fingerprint density at radius 3 is 2.43 bits per heavy atom. The van der Waals surface area contributed by atoms with Gasteiger partial charge in [0.25, 0.3) is 0 Å². The van der Waals surface area contributed by atoms with Crippen LogP contribution in [0.5, 0.6) is 5.75 Å². The molecular formula is C25H33FO3Si. The van der Waals surface area contributed by atoms with E-state index in [2.05, 4.69) is 6.92 Å². The molecular weight excluding hydrogens is 395 g/mol. The van der Waals surface area contributed by atoms with Gasteiger partial charge in [0, 0.05) is 13.2 Å². The highest BCUT2D eigenvalue weighted by Gasteiger charge is 2.24. The highest BCUT2D eigenvalue weighted by molar-refractivity contribution is 6.53. The lowest BCUT2D eigenvalue weighted by molar-refractivity contribution is 0.0729. The van der Waals surface area contributed by atoms with Crippen molar-refractivity contribution in [1.29, 1.82) is 0 Å². The zero-order valence-corrected chi connectivity index (χ0v) is 19.6. The molecule has 0 N–H and O–H groups in total. The molecule has 30 heavy (non-hydrogen) atoms. The number of carbonyl (C=O) groups is 1. The van der Waals surface area contributed by atoms with Crippen molar-refractivity contribution in [2.45, 2.75) is 57.9 Å². The van der Waals surface area contributed by atoms with Gasteiger partial charge in [0.1, 0.15) is 11.6 Å². The van der Waals surface area contributed by atoms with Crippen LogP contribution in [0, 0.1) is 11.7 Å². The molecule has 0 spiro atoms. The summed E-state index contributed by atoms with van der Waals surface area (Å²) in [5, 5.41) is 1.35. The predicted octanol–water partition coefficient (Wildman–Crippen LogP) is 4.98. The van der Waals surface area contributed by atoms with E-state index in [0.29, 0.717) is 17.6 Å². The summed E-state index contributed by atoms with van der Waals surface area (Å²) < 4.78 is 25.6. The Balaban J connectivity index is 1.57. The first-order chi connectivity index (χ1) is 14.6. The van der Waals surface area contributed by atoms with E-state index in [1.165, 1.54) is 23.7 Å². The Kier molecular flexibility index (Phi) is 8.64. The minimum atomic E-state index is -0.641. The standard InChI is InChI=1S/C25H33FO3Si/c1-3-15-30-22-12-10-21(11-13-22)29-25(27)23-14-9-20(16-24(23)26)19-7-5-18(6-8-19)17-28-4-2/h9-14,16,18-19H,3-8,15,17,30H2,1-2H3. The summed E-state index contributed by atoms with van der Waals surface area (Å²) in [4.78, 5) is 12.5. The van der Waals surface area contributed by atoms with Gasteiger partial charge in [-0.2, -0.15) is 0 Å². The normalized spacial score (nSPS) is 19.3. The molecule has 5 heteroatoms. The fraction of sp³-hybridized carbons (Fsp3) is 0.480. The van der Waals surface area contributed by atoms with Crippen LogP contribution in [0.25, 0.3) is 0 Å². The van der Waals surface area contributed by atoms with Gasteiger partial charge >= 0.3 is 5.97 Å². The number of ether oxygens (including phenoxy) is 2. The second-order valence-electron chi connectivity index (χ2n) is 8.25. The third-order valence-corrected chi connectivity index (χ3v) is 8.15. The van der Waals surface area contributed by atoms with Crippen LogP contribution in [0.4, 0.5) is 4.39 Å². The number of carbonyl (C=O) groups excluding carboxylic acids is 1. The van der Waals surface area contributed by atoms with E-state index in [9.17, 15) is 9.18 Å². The third-order valence-electron chi connectivity index (χ3n) is 6.04. The van der Waals surface area contributed by atoms with Gasteiger partial charge in [0.15, 0.2) is 0 Å². The molecule has 0 heterocycles. The molecule has 0 unspecified atom stereocenters. The molecule has 0 saturated heterocycles. The second kappa shape index (κ2) is 11.4. The second-order valence-corrected chi connectivity index (χ2v) is 10.3. The molecule has 0 bridgehead atoms. The number of esters is 1. The van der Waals surface area contributed by atoms with Crippen LogP contribution in [0.1, 0.15) is 67.8 Å². The number of hydrogen-bond donors (Lipinski definition) is 0. The molecule has 0 amide bonds. The third kappa shape index (κ3) is 6.26. The lowest BCUT2D eigenvalue weighted by Crippen LogP contribution is -2.18. The van der Waals surface area contributed by atoms with Crippen LogP contribution in [0.3, 0.4) is 0 Å². The largest absolute Gasteiger partial charge is 0.423 e. The quantitative estimate of drug-likeness (QED) is 0.321. The maximum atomic E-state index is 14.7. The van der Waals surface area contributed by atoms with Crippen molar-refractivity contribution < 1.29 is 18.7 Å². The van der Waals surface area contributed by atoms with Crippen LogP contribution >= 0.6 is 0 Å². The fourth-order valence-electron chi connectivity index (χ4n) is 4.16. The van der Waals surface area contributed by atoms with Crippen molar-refractivity contribution in [3.63, 3.8) is 0 Å². The lowest BCUT2D eigenvalue weighted by atomic mass is 9.79. The minimum absolute atomic E-state index is 0.00628. The smallest absolute Gasteiger partial charge is 0.346 e. The molecule has 2 aromatic rings. The number of benzene rings is 2. The molecule has 2 aromatic carbocycles. The maximum absolute atomic E-state index is 14.7. The summed E-state index contributed by atoms with van der Waals surface area (Å²) in [5.41, 5.74) is 0.970. The van der Waals surface area contributed by atoms with Crippen molar-refractivity contribution in [2.75, 3.05) is 13.2 Å². The highest BCUT2D eigenvalue weighted by Crippen LogP contribution is 2.36. The van der Waals surface area contributed by atoms with Gasteiger partial charge in [-0.05, 0) is 74.3 Å². The van der Waals surface area contributed by atoms with Gasteiger partial charge in [0.2, 0.25) is 0 Å². The Morgan fingerprint density at radius 1 is 1.07 bits per heavy atom. The van der Waals surface area contributed by atoms with E-state index in [-0.39, 0.29) is 15.1 Å². The summed E-state index contributed by atoms with van der Waals surface area (Å²) in [6, 6.07) is 13.9. The SMILES string of the molecule is CCC[SiH2]c1ccc(OC(=O)c2ccc(C3CCC(COCC)CC3)cc2F)cc1. The molecule has 0 aromatic heterocycles. The molecule has 0 aliphatic heterocycles. The summed E-state index contributed by atoms with van der Waals surface area (Å²) in [6.45, 7) is 5.79. The van der Waals surface area contributed by atoms with E-state index in [0.717, 1.165) is 44.5 Å². The molecule has 0 radical (unpaired) electrons. The fourth-order valence-corrected chi connectivity index (χ4v) is 5.50. The maximum Gasteiger partial charge on any atom is 0.346 e. The average Bonchev–Trinajstić information content (AvgIpc) is 2.77. The Morgan fingerprint density at radius 2 is 1.80 bits per heavy atom. The number of halogens is 1. The summed E-state index contributed by atoms with van der Waals surface area (Å²) in [6.07, 6.45) is 5.48. The van der Waals surface area contributed by atoms with Crippen LogP contribution in [0.15, 0.2) is 42.5 Å². The van der Waals surface area contributed by atoms with Crippen molar-refractivity contribution in [3.05, 3.63) is 59.4 Å². The van der Waals surface area contributed by atoms with E-state index >= 15 is 0 Å². The van der Waals surface area contributed by atoms with Gasteiger partial charge in [-0.1, -0.05) is 42.8 Å². The number of hydrogen-bond acceptors (Lipinski definition) is 3. The van der Waals surface area contributed by atoms with E-state index in [4.69, 9.17) is 9.47 Å². The monoisotopic (exact) mass is 428 g/mol. The Bertz CT molecular complexity index is 814. The topological polar surface area (TPSA) is 35.5 Å². The molecule has 1 aliphatic carbocycles. The average molecular weight is 429 g/mol. The summed E-state index contributed by atoms with van der Waals surface area (Å²) in [7, 11) is -0.242. The first kappa shape index (κ1) is 22.7. The minimum Gasteiger partial charge on any atom is -0.423 e. The highest BCUT2D eigenvalue weighted by atomic mass is 28.2. The molecule has 3 rings (SSSR count). The van der Waals surface area contributed by atoms with Gasteiger partial charge in [-0.25, -0.2) is 9.18 Å². The van der Waals surface area contributed by atoms with Crippen LogP contribution in [-0.4, -0.2) is 28.7 Å². The molecule has 1 aliphatic rings.